The van der Waals surface area contributed by atoms with Gasteiger partial charge in [-0.2, -0.15) is 0 Å². The number of benzene rings is 2. The van der Waals surface area contributed by atoms with Crippen LogP contribution in [-0.2, 0) is 0 Å². The van der Waals surface area contributed by atoms with E-state index in [9.17, 15) is 9.90 Å². The monoisotopic (exact) mass is 410 g/mol. The lowest BCUT2D eigenvalue weighted by Crippen LogP contribution is -2.49. The van der Waals surface area contributed by atoms with Crippen molar-refractivity contribution in [1.29, 1.82) is 0 Å². The van der Waals surface area contributed by atoms with Crippen LogP contribution in [0.2, 0.25) is 0 Å². The zero-order valence-electron chi connectivity index (χ0n) is 17.1. The molecule has 0 aromatic heterocycles. The molecule has 0 radical (unpaired) electrons. The molecule has 0 amide bonds. The second-order valence-electron chi connectivity index (χ2n) is 8.07. The van der Waals surface area contributed by atoms with Gasteiger partial charge in [0.15, 0.2) is 23.4 Å². The van der Waals surface area contributed by atoms with Gasteiger partial charge in [0.2, 0.25) is 6.29 Å². The van der Waals surface area contributed by atoms with E-state index in [1.807, 2.05) is 26.0 Å². The Labute approximate surface area is 173 Å². The van der Waals surface area contributed by atoms with Crippen molar-refractivity contribution in [3.05, 3.63) is 47.0 Å². The number of carbonyl (C=O) groups excluding carboxylic acids is 1. The van der Waals surface area contributed by atoms with Gasteiger partial charge in [-0.1, -0.05) is 0 Å². The lowest BCUT2D eigenvalue weighted by molar-refractivity contribution is -0.112. The lowest BCUT2D eigenvalue weighted by atomic mass is 9.80. The number of rotatable bonds is 2. The highest BCUT2D eigenvalue weighted by Gasteiger charge is 2.49. The van der Waals surface area contributed by atoms with E-state index in [1.54, 1.807) is 24.3 Å². The predicted molar refractivity (Wildman–Crippen MR) is 108 cm³/mol. The first-order valence-corrected chi connectivity index (χ1v) is 9.70. The van der Waals surface area contributed by atoms with E-state index < -0.39 is 23.9 Å². The molecule has 156 valence electrons. The summed E-state index contributed by atoms with van der Waals surface area (Å²) >= 11 is 0. The number of carbonyl (C=O) groups is 1. The summed E-state index contributed by atoms with van der Waals surface area (Å²) in [7, 11) is 3.03. The molecule has 2 aromatic rings. The average Bonchev–Trinajstić information content (AvgIpc) is 2.72. The van der Waals surface area contributed by atoms with E-state index in [2.05, 4.69) is 0 Å². The van der Waals surface area contributed by atoms with Crippen molar-refractivity contribution in [3.63, 3.8) is 0 Å². The molecule has 5 rings (SSSR count). The minimum atomic E-state index is -1.32. The molecule has 2 aromatic carbocycles. The Kier molecular flexibility index (Phi) is 4.02. The predicted octanol–water partition coefficient (Wildman–Crippen LogP) is 3.33. The van der Waals surface area contributed by atoms with E-state index in [1.165, 1.54) is 14.2 Å². The fourth-order valence-electron chi connectivity index (χ4n) is 4.23. The summed E-state index contributed by atoms with van der Waals surface area (Å²) in [5.74, 6) is 1.42. The first kappa shape index (κ1) is 18.8. The molecule has 3 heterocycles. The minimum absolute atomic E-state index is 0.155. The SMILES string of the molecule is COc1cc2c(cc1OC)[C@@H]1C(=O)c3ccc4c(c3O[C@@H]1[C@@H](O)O2)C=CC(C)(C)O4. The van der Waals surface area contributed by atoms with Crippen molar-refractivity contribution in [1.82, 2.24) is 0 Å². The van der Waals surface area contributed by atoms with Crippen LogP contribution in [0.4, 0.5) is 0 Å². The third-order valence-corrected chi connectivity index (χ3v) is 5.69. The molecule has 7 nitrogen and oxygen atoms in total. The molecular weight excluding hydrogens is 388 g/mol. The zero-order valence-corrected chi connectivity index (χ0v) is 17.1. The second-order valence-corrected chi connectivity index (χ2v) is 8.07. The van der Waals surface area contributed by atoms with Crippen LogP contribution in [-0.4, -0.2) is 43.1 Å². The summed E-state index contributed by atoms with van der Waals surface area (Å²) in [6.07, 6.45) is 1.59. The van der Waals surface area contributed by atoms with Crippen molar-refractivity contribution in [2.45, 2.75) is 37.8 Å². The van der Waals surface area contributed by atoms with E-state index in [0.717, 1.165) is 0 Å². The highest BCUT2D eigenvalue weighted by atomic mass is 16.6. The van der Waals surface area contributed by atoms with E-state index >= 15 is 0 Å². The lowest BCUT2D eigenvalue weighted by Gasteiger charge is -2.41. The van der Waals surface area contributed by atoms with Crippen molar-refractivity contribution < 1.29 is 33.6 Å². The van der Waals surface area contributed by atoms with E-state index in [0.29, 0.717) is 45.4 Å². The average molecular weight is 410 g/mol. The van der Waals surface area contributed by atoms with Crippen molar-refractivity contribution >= 4 is 11.9 Å². The molecule has 0 fully saturated rings. The Bertz CT molecular complexity index is 1090. The number of fused-ring (bicyclic) bond motifs is 6. The smallest absolute Gasteiger partial charge is 0.235 e. The summed E-state index contributed by atoms with van der Waals surface area (Å²) in [4.78, 5) is 13.5. The van der Waals surface area contributed by atoms with E-state index in [-0.39, 0.29) is 5.78 Å². The van der Waals surface area contributed by atoms with Gasteiger partial charge < -0.3 is 28.8 Å². The Morgan fingerprint density at radius 1 is 1.03 bits per heavy atom. The largest absolute Gasteiger partial charge is 0.493 e. The maximum absolute atomic E-state index is 13.5. The number of hydrogen-bond acceptors (Lipinski definition) is 7. The molecule has 0 bridgehead atoms. The molecule has 0 spiro atoms. The van der Waals surface area contributed by atoms with Crippen LogP contribution in [0.5, 0.6) is 28.7 Å². The number of methoxy groups -OCH3 is 2. The highest BCUT2D eigenvalue weighted by molar-refractivity contribution is 6.06. The van der Waals surface area contributed by atoms with Crippen molar-refractivity contribution in [2.24, 2.45) is 0 Å². The summed E-state index contributed by atoms with van der Waals surface area (Å²) in [6.45, 7) is 3.90. The molecule has 0 saturated heterocycles. The van der Waals surface area contributed by atoms with Crippen LogP contribution >= 0.6 is 0 Å². The Balaban J connectivity index is 1.64. The van der Waals surface area contributed by atoms with Gasteiger partial charge >= 0.3 is 0 Å². The van der Waals surface area contributed by atoms with Gasteiger partial charge in [-0.05, 0) is 44.2 Å². The standard InChI is InChI=1S/C23H22O7/c1-23(2)8-7-11-14(30-23)6-5-12-19(24)18-13-9-16(26-3)17(27-4)10-15(13)28-22(25)21(18)29-20(11)12/h5-10,18,21-22,25H,1-4H3/t18-,21+,22+/m1/s1. The number of ketones is 1. The molecule has 0 saturated carbocycles. The minimum Gasteiger partial charge on any atom is -0.493 e. The first-order valence-electron chi connectivity index (χ1n) is 9.70. The fourth-order valence-corrected chi connectivity index (χ4v) is 4.23. The Hall–Kier alpha value is -3.19. The number of aliphatic hydroxyl groups is 1. The maximum Gasteiger partial charge on any atom is 0.235 e. The third kappa shape index (κ3) is 2.65. The van der Waals surface area contributed by atoms with Crippen LogP contribution < -0.4 is 23.7 Å². The Morgan fingerprint density at radius 2 is 1.77 bits per heavy atom. The van der Waals surface area contributed by atoms with Gasteiger partial charge in [0.25, 0.3) is 0 Å². The number of Topliss-reactive ketones (excluding diaryl/α,β-unsaturated/α-hetero) is 1. The quantitative estimate of drug-likeness (QED) is 0.813. The molecule has 3 aliphatic rings. The van der Waals surface area contributed by atoms with Gasteiger partial charge in [-0.25, -0.2) is 0 Å². The van der Waals surface area contributed by atoms with Crippen LogP contribution in [0, 0.1) is 0 Å². The van der Waals surface area contributed by atoms with Gasteiger partial charge in [-0.15, -0.1) is 0 Å². The summed E-state index contributed by atoms with van der Waals surface area (Å²) in [6, 6.07) is 6.81. The molecule has 1 N–H and O–H groups in total. The number of aliphatic hydroxyl groups excluding tert-OH is 1. The van der Waals surface area contributed by atoms with Crippen LogP contribution in [0.15, 0.2) is 30.3 Å². The zero-order chi connectivity index (χ0) is 21.2. The molecule has 3 aliphatic heterocycles. The fraction of sp³-hybridized carbons (Fsp3) is 0.348. The van der Waals surface area contributed by atoms with Gasteiger partial charge in [0, 0.05) is 11.6 Å². The molecule has 0 aliphatic carbocycles. The van der Waals surface area contributed by atoms with Crippen LogP contribution in [0.25, 0.3) is 6.08 Å². The summed E-state index contributed by atoms with van der Waals surface area (Å²) in [5.41, 5.74) is 1.26. The summed E-state index contributed by atoms with van der Waals surface area (Å²) < 4.78 is 28.5. The molecular formula is C23H22O7. The van der Waals surface area contributed by atoms with Gasteiger partial charge in [0.05, 0.1) is 31.3 Å². The normalized spacial score (nSPS) is 24.8. The number of hydrogen-bond donors (Lipinski definition) is 1. The molecule has 0 unspecified atom stereocenters. The molecule has 30 heavy (non-hydrogen) atoms. The highest BCUT2D eigenvalue weighted by Crippen LogP contribution is 2.50. The van der Waals surface area contributed by atoms with Crippen molar-refractivity contribution in [3.8, 4) is 28.7 Å². The summed E-state index contributed by atoms with van der Waals surface area (Å²) in [5, 5.41) is 10.7. The maximum atomic E-state index is 13.5. The number of ether oxygens (including phenoxy) is 5. The molecule has 7 heteroatoms. The van der Waals surface area contributed by atoms with E-state index in [4.69, 9.17) is 23.7 Å². The van der Waals surface area contributed by atoms with Gasteiger partial charge in [0.1, 0.15) is 22.8 Å². The molecule has 3 atom stereocenters. The Morgan fingerprint density at radius 3 is 2.50 bits per heavy atom. The topological polar surface area (TPSA) is 83.5 Å². The first-order chi connectivity index (χ1) is 14.3. The van der Waals surface area contributed by atoms with Crippen LogP contribution in [0.1, 0.15) is 41.3 Å². The van der Waals surface area contributed by atoms with Crippen molar-refractivity contribution in [2.75, 3.05) is 14.2 Å². The second kappa shape index (κ2) is 6.40. The van der Waals surface area contributed by atoms with Crippen LogP contribution in [0.3, 0.4) is 0 Å². The third-order valence-electron chi connectivity index (χ3n) is 5.69. The van der Waals surface area contributed by atoms with Gasteiger partial charge in [-0.3, -0.25) is 4.79 Å².